The summed E-state index contributed by atoms with van der Waals surface area (Å²) in [6, 6.07) is 8.62. The molecule has 0 radical (unpaired) electrons. The second kappa shape index (κ2) is 9.84. The molecule has 2 aliphatic heterocycles. The maximum atomic E-state index is 14.3. The number of carbonyl (C=O) groups excluding carboxylic acids is 1. The summed E-state index contributed by atoms with van der Waals surface area (Å²) in [5.74, 6) is -1.62. The normalized spacial score (nSPS) is 23.4. The van der Waals surface area contributed by atoms with Crippen LogP contribution in [0.1, 0.15) is 41.5 Å². The van der Waals surface area contributed by atoms with Crippen LogP contribution in [-0.2, 0) is 39.4 Å². The Kier molecular flexibility index (Phi) is 6.79. The molecule has 1 saturated carbocycles. The number of rotatable bonds is 8. The maximum Gasteiger partial charge on any atom is 0.230 e. The number of benzene rings is 2. The summed E-state index contributed by atoms with van der Waals surface area (Å²) in [5.41, 5.74) is 2.33. The van der Waals surface area contributed by atoms with Crippen molar-refractivity contribution in [3.63, 3.8) is 0 Å². The van der Waals surface area contributed by atoms with Crippen LogP contribution < -0.4 is 10.1 Å². The van der Waals surface area contributed by atoms with Crippen LogP contribution >= 0.6 is 0 Å². The molecule has 3 aliphatic rings. The Hall–Kier alpha value is -2.55. The molecule has 8 heteroatoms. The molecule has 2 atom stereocenters. The van der Waals surface area contributed by atoms with Crippen LogP contribution in [0.5, 0.6) is 5.75 Å². The molecule has 1 spiro atoms. The minimum absolute atomic E-state index is 0.0263. The van der Waals surface area contributed by atoms with Crippen LogP contribution in [0.3, 0.4) is 0 Å². The minimum atomic E-state index is -0.955. The molecule has 2 fully saturated rings. The molecule has 6 nitrogen and oxygen atoms in total. The Morgan fingerprint density at radius 1 is 1.20 bits per heavy atom. The van der Waals surface area contributed by atoms with E-state index in [9.17, 15) is 13.6 Å². The number of amides is 1. The summed E-state index contributed by atoms with van der Waals surface area (Å²) in [4.78, 5) is 16.1. The zero-order chi connectivity index (χ0) is 24.6. The lowest BCUT2D eigenvalue weighted by molar-refractivity contribution is -0.157. The summed E-state index contributed by atoms with van der Waals surface area (Å²) < 4.78 is 45.3. The van der Waals surface area contributed by atoms with Crippen LogP contribution in [0.15, 0.2) is 30.3 Å². The largest absolute Gasteiger partial charge is 0.496 e. The van der Waals surface area contributed by atoms with E-state index in [2.05, 4.69) is 11.4 Å². The SMILES string of the molecule is COCCc1ccc(OC)c(CN(C(=O)C2CNCCC23OCc2cc(F)c(F)cc23)C2CC2)c1. The predicted molar refractivity (Wildman–Crippen MR) is 126 cm³/mol. The standard InChI is InChI=1S/C27H32F2N2O4/c1-33-10-7-17-3-6-25(34-2)18(11-17)15-31(20-4-5-20)26(32)22-14-30-9-8-27(22)21-13-24(29)23(28)12-19(21)16-35-27/h3,6,11-13,20,22,30H,4-5,7-10,14-16H2,1-2H3. The van der Waals surface area contributed by atoms with Gasteiger partial charge in [0.2, 0.25) is 5.91 Å². The highest BCUT2D eigenvalue weighted by atomic mass is 19.2. The van der Waals surface area contributed by atoms with E-state index in [1.807, 2.05) is 17.0 Å². The van der Waals surface area contributed by atoms with Crippen molar-refractivity contribution in [3.8, 4) is 5.75 Å². The molecule has 35 heavy (non-hydrogen) atoms. The number of halogens is 2. The molecule has 2 heterocycles. The van der Waals surface area contributed by atoms with E-state index in [4.69, 9.17) is 14.2 Å². The minimum Gasteiger partial charge on any atom is -0.496 e. The lowest BCUT2D eigenvalue weighted by Crippen LogP contribution is -2.55. The van der Waals surface area contributed by atoms with Crippen molar-refractivity contribution in [2.75, 3.05) is 33.9 Å². The lowest BCUT2D eigenvalue weighted by Gasteiger charge is -2.43. The van der Waals surface area contributed by atoms with Crippen molar-refractivity contribution in [1.82, 2.24) is 10.2 Å². The molecule has 2 aromatic carbocycles. The number of fused-ring (bicyclic) bond motifs is 2. The van der Waals surface area contributed by atoms with Crippen LogP contribution in [0, 0.1) is 17.6 Å². The van der Waals surface area contributed by atoms with Crippen LogP contribution in [0.2, 0.25) is 0 Å². The highest BCUT2D eigenvalue weighted by molar-refractivity contribution is 5.82. The fourth-order valence-electron chi connectivity index (χ4n) is 5.51. The van der Waals surface area contributed by atoms with Crippen LogP contribution in [0.25, 0.3) is 0 Å². The summed E-state index contributed by atoms with van der Waals surface area (Å²) in [6.45, 7) is 2.27. The molecular weight excluding hydrogens is 454 g/mol. The van der Waals surface area contributed by atoms with E-state index < -0.39 is 23.2 Å². The smallest absolute Gasteiger partial charge is 0.230 e. The number of piperidine rings is 1. The van der Waals surface area contributed by atoms with Crippen molar-refractivity contribution in [1.29, 1.82) is 0 Å². The van der Waals surface area contributed by atoms with E-state index in [0.717, 1.165) is 36.1 Å². The molecule has 0 bridgehead atoms. The summed E-state index contributed by atoms with van der Waals surface area (Å²) in [7, 11) is 3.31. The molecule has 5 rings (SSSR count). The fraction of sp³-hybridized carbons (Fsp3) is 0.519. The van der Waals surface area contributed by atoms with Gasteiger partial charge in [-0.05, 0) is 67.1 Å². The molecule has 1 aliphatic carbocycles. The van der Waals surface area contributed by atoms with Gasteiger partial charge in [0.05, 0.1) is 26.2 Å². The van der Waals surface area contributed by atoms with Crippen molar-refractivity contribution in [2.24, 2.45) is 5.92 Å². The number of nitrogens with one attached hydrogen (secondary N) is 1. The van der Waals surface area contributed by atoms with Gasteiger partial charge in [-0.15, -0.1) is 0 Å². The van der Waals surface area contributed by atoms with Crippen molar-refractivity contribution in [3.05, 3.63) is 64.2 Å². The number of carbonyl (C=O) groups is 1. The molecule has 0 aromatic heterocycles. The zero-order valence-corrected chi connectivity index (χ0v) is 20.2. The van der Waals surface area contributed by atoms with E-state index in [1.54, 1.807) is 14.2 Å². The van der Waals surface area contributed by atoms with Gasteiger partial charge >= 0.3 is 0 Å². The third kappa shape index (κ3) is 4.55. The van der Waals surface area contributed by atoms with Crippen LogP contribution in [-0.4, -0.2) is 50.8 Å². The van der Waals surface area contributed by atoms with Gasteiger partial charge in [-0.3, -0.25) is 4.79 Å². The lowest BCUT2D eigenvalue weighted by atomic mass is 9.75. The first-order chi connectivity index (χ1) is 17.0. The molecule has 1 amide bonds. The van der Waals surface area contributed by atoms with E-state index in [-0.39, 0.29) is 18.6 Å². The van der Waals surface area contributed by atoms with Gasteiger partial charge < -0.3 is 24.4 Å². The Morgan fingerprint density at radius 2 is 2.00 bits per heavy atom. The third-order valence-electron chi connectivity index (χ3n) is 7.52. The average molecular weight is 487 g/mol. The quantitative estimate of drug-likeness (QED) is 0.617. The predicted octanol–water partition coefficient (Wildman–Crippen LogP) is 3.69. The monoisotopic (exact) mass is 486 g/mol. The first-order valence-corrected chi connectivity index (χ1v) is 12.2. The fourth-order valence-corrected chi connectivity index (χ4v) is 5.51. The van der Waals surface area contributed by atoms with Crippen molar-refractivity contribution in [2.45, 2.75) is 50.5 Å². The summed E-state index contributed by atoms with van der Waals surface area (Å²) in [5, 5.41) is 3.32. The van der Waals surface area contributed by atoms with Crippen LogP contribution in [0.4, 0.5) is 8.78 Å². The molecule has 1 N–H and O–H groups in total. The van der Waals surface area contributed by atoms with Gasteiger partial charge in [0.25, 0.3) is 0 Å². The average Bonchev–Trinajstić information content (AvgIpc) is 3.66. The van der Waals surface area contributed by atoms with Crippen molar-refractivity contribution >= 4 is 5.91 Å². The van der Waals surface area contributed by atoms with Gasteiger partial charge in [0.1, 0.15) is 11.4 Å². The van der Waals surface area contributed by atoms with Gasteiger partial charge in [0, 0.05) is 31.8 Å². The molecule has 2 aromatic rings. The molecule has 188 valence electrons. The summed E-state index contributed by atoms with van der Waals surface area (Å²) >= 11 is 0. The molecular formula is C27H32F2N2O4. The zero-order valence-electron chi connectivity index (χ0n) is 20.2. The summed E-state index contributed by atoms with van der Waals surface area (Å²) in [6.07, 6.45) is 3.19. The molecule has 1 saturated heterocycles. The Morgan fingerprint density at radius 3 is 2.74 bits per heavy atom. The van der Waals surface area contributed by atoms with Crippen molar-refractivity contribution < 1.29 is 27.8 Å². The van der Waals surface area contributed by atoms with Gasteiger partial charge in [-0.1, -0.05) is 12.1 Å². The Bertz CT molecular complexity index is 1110. The van der Waals surface area contributed by atoms with Gasteiger partial charge in [-0.25, -0.2) is 8.78 Å². The van der Waals surface area contributed by atoms with E-state index in [1.165, 1.54) is 12.1 Å². The number of methoxy groups -OCH3 is 2. The second-order valence-corrected chi connectivity index (χ2v) is 9.69. The first-order valence-electron chi connectivity index (χ1n) is 12.2. The maximum absolute atomic E-state index is 14.3. The highest BCUT2D eigenvalue weighted by Gasteiger charge is 2.53. The van der Waals surface area contributed by atoms with E-state index in [0.29, 0.717) is 43.8 Å². The second-order valence-electron chi connectivity index (χ2n) is 9.69. The Balaban J connectivity index is 1.46. The number of hydrogen-bond donors (Lipinski definition) is 1. The number of hydrogen-bond acceptors (Lipinski definition) is 5. The van der Waals surface area contributed by atoms with Gasteiger partial charge in [-0.2, -0.15) is 0 Å². The number of nitrogens with zero attached hydrogens (tertiary/aromatic N) is 1. The Labute approximate surface area is 204 Å². The van der Waals surface area contributed by atoms with Gasteiger partial charge in [0.15, 0.2) is 11.6 Å². The third-order valence-corrected chi connectivity index (χ3v) is 7.52. The topological polar surface area (TPSA) is 60.0 Å². The van der Waals surface area contributed by atoms with E-state index >= 15 is 0 Å². The number of ether oxygens (including phenoxy) is 3. The first kappa shape index (κ1) is 24.2. The highest BCUT2D eigenvalue weighted by Crippen LogP contribution is 2.48. The molecule has 2 unspecified atom stereocenters.